The number of rotatable bonds is 6. The van der Waals surface area contributed by atoms with Crippen molar-refractivity contribution in [3.05, 3.63) is 80.7 Å². The van der Waals surface area contributed by atoms with E-state index in [0.717, 1.165) is 18.1 Å². The van der Waals surface area contributed by atoms with Gasteiger partial charge in [0, 0.05) is 24.6 Å². The van der Waals surface area contributed by atoms with E-state index in [9.17, 15) is 13.6 Å². The van der Waals surface area contributed by atoms with Gasteiger partial charge in [-0.1, -0.05) is 48.0 Å². The van der Waals surface area contributed by atoms with Crippen LogP contribution in [0.25, 0.3) is 11.4 Å². The van der Waals surface area contributed by atoms with E-state index in [1.165, 1.54) is 24.4 Å². The SMILES string of the molecule is Cc1ccccc1Cn1cc(OCC#N)c(=O)nc1-c1cccc(C(C)(F)F)c1Cl. The monoisotopic (exact) mass is 429 g/mol. The molecule has 3 aromatic rings. The molecule has 0 aliphatic heterocycles. The third-order valence-corrected chi connectivity index (χ3v) is 4.98. The third kappa shape index (κ3) is 4.50. The first kappa shape index (κ1) is 21.5. The Kier molecular flexibility index (Phi) is 6.18. The zero-order valence-electron chi connectivity index (χ0n) is 16.3. The highest BCUT2D eigenvalue weighted by Crippen LogP contribution is 2.38. The van der Waals surface area contributed by atoms with Gasteiger partial charge < -0.3 is 9.30 Å². The van der Waals surface area contributed by atoms with Crippen molar-refractivity contribution in [1.82, 2.24) is 9.55 Å². The predicted octanol–water partition coefficient (Wildman–Crippen LogP) is 4.93. The van der Waals surface area contributed by atoms with Gasteiger partial charge in [0.1, 0.15) is 11.9 Å². The number of benzene rings is 2. The lowest BCUT2D eigenvalue weighted by atomic mass is 10.0. The summed E-state index contributed by atoms with van der Waals surface area (Å²) in [5.41, 5.74) is 1.06. The topological polar surface area (TPSA) is 67.9 Å². The Morgan fingerprint density at radius 3 is 2.63 bits per heavy atom. The minimum Gasteiger partial charge on any atom is -0.471 e. The summed E-state index contributed by atoms with van der Waals surface area (Å²) in [6.45, 7) is 2.66. The Bertz CT molecular complexity index is 1180. The van der Waals surface area contributed by atoms with Gasteiger partial charge in [-0.3, -0.25) is 4.79 Å². The maximum absolute atomic E-state index is 14.0. The van der Waals surface area contributed by atoms with Crippen molar-refractivity contribution in [1.29, 1.82) is 5.26 Å². The first-order valence-electron chi connectivity index (χ1n) is 9.05. The average Bonchev–Trinajstić information content (AvgIpc) is 2.69. The second-order valence-electron chi connectivity index (χ2n) is 6.79. The van der Waals surface area contributed by atoms with E-state index in [1.54, 1.807) is 10.6 Å². The van der Waals surface area contributed by atoms with Crippen molar-refractivity contribution in [3.8, 4) is 23.2 Å². The zero-order valence-corrected chi connectivity index (χ0v) is 17.1. The van der Waals surface area contributed by atoms with Gasteiger partial charge in [-0.2, -0.15) is 10.2 Å². The molecule has 0 spiro atoms. The summed E-state index contributed by atoms with van der Waals surface area (Å²) >= 11 is 6.30. The Morgan fingerprint density at radius 2 is 1.97 bits per heavy atom. The molecule has 1 heterocycles. The lowest BCUT2D eigenvalue weighted by molar-refractivity contribution is 0.0176. The lowest BCUT2D eigenvalue weighted by Gasteiger charge is -2.19. The normalized spacial score (nSPS) is 11.2. The van der Waals surface area contributed by atoms with Gasteiger partial charge >= 0.3 is 5.56 Å². The highest BCUT2D eigenvalue weighted by Gasteiger charge is 2.29. The highest BCUT2D eigenvalue weighted by atomic mass is 35.5. The summed E-state index contributed by atoms with van der Waals surface area (Å²) in [4.78, 5) is 16.5. The molecule has 0 saturated carbocycles. The molecule has 0 aliphatic carbocycles. The van der Waals surface area contributed by atoms with Gasteiger partial charge in [0.25, 0.3) is 5.92 Å². The number of aromatic nitrogens is 2. The van der Waals surface area contributed by atoms with Crippen LogP contribution in [0.1, 0.15) is 23.6 Å². The Hall–Kier alpha value is -3.24. The highest BCUT2D eigenvalue weighted by molar-refractivity contribution is 6.34. The first-order chi connectivity index (χ1) is 14.2. The molecule has 8 heteroatoms. The van der Waals surface area contributed by atoms with Crippen molar-refractivity contribution in [3.63, 3.8) is 0 Å². The average molecular weight is 430 g/mol. The number of ether oxygens (including phenoxy) is 1. The van der Waals surface area contributed by atoms with Crippen LogP contribution < -0.4 is 10.3 Å². The molecule has 2 aromatic carbocycles. The lowest BCUT2D eigenvalue weighted by Crippen LogP contribution is -2.19. The number of nitrogens with zero attached hydrogens (tertiary/aromatic N) is 3. The summed E-state index contributed by atoms with van der Waals surface area (Å²) in [5, 5.41) is 8.56. The fourth-order valence-corrected chi connectivity index (χ4v) is 3.41. The molecule has 0 aliphatic rings. The van der Waals surface area contributed by atoms with E-state index < -0.39 is 11.5 Å². The predicted molar refractivity (Wildman–Crippen MR) is 110 cm³/mol. The summed E-state index contributed by atoms with van der Waals surface area (Å²) in [6, 6.07) is 13.6. The van der Waals surface area contributed by atoms with Gasteiger partial charge in [-0.05, 0) is 24.1 Å². The second-order valence-corrected chi connectivity index (χ2v) is 7.17. The molecule has 3 rings (SSSR count). The van der Waals surface area contributed by atoms with E-state index in [-0.39, 0.29) is 34.3 Å². The smallest absolute Gasteiger partial charge is 0.315 e. The fraction of sp³-hybridized carbons (Fsp3) is 0.227. The van der Waals surface area contributed by atoms with Crippen LogP contribution in [0.15, 0.2) is 53.5 Å². The summed E-state index contributed by atoms with van der Waals surface area (Å²) < 4.78 is 34.7. The van der Waals surface area contributed by atoms with E-state index in [2.05, 4.69) is 4.98 Å². The Morgan fingerprint density at radius 1 is 1.23 bits per heavy atom. The van der Waals surface area contributed by atoms with Gasteiger partial charge in [0.05, 0.1) is 11.2 Å². The van der Waals surface area contributed by atoms with Crippen molar-refractivity contribution in [2.45, 2.75) is 26.3 Å². The second kappa shape index (κ2) is 8.64. The molecule has 0 fully saturated rings. The van der Waals surface area contributed by atoms with Crippen LogP contribution in [0.3, 0.4) is 0 Å². The molecule has 0 amide bonds. The minimum atomic E-state index is -3.16. The van der Waals surface area contributed by atoms with E-state index >= 15 is 0 Å². The Balaban J connectivity index is 2.21. The zero-order chi connectivity index (χ0) is 21.9. The molecular formula is C22H18ClF2N3O2. The van der Waals surface area contributed by atoms with Crippen LogP contribution in [0.2, 0.25) is 5.02 Å². The van der Waals surface area contributed by atoms with E-state index in [0.29, 0.717) is 6.54 Å². The summed E-state index contributed by atoms with van der Waals surface area (Å²) in [5.74, 6) is -3.14. The van der Waals surface area contributed by atoms with E-state index in [4.69, 9.17) is 21.6 Å². The fourth-order valence-electron chi connectivity index (χ4n) is 3.03. The molecule has 0 saturated heterocycles. The molecule has 0 N–H and O–H groups in total. The van der Waals surface area contributed by atoms with Crippen molar-refractivity contribution in [2.24, 2.45) is 0 Å². The number of aryl methyl sites for hydroxylation is 1. The maximum atomic E-state index is 14.0. The number of alkyl halides is 2. The van der Waals surface area contributed by atoms with Crippen LogP contribution in [0, 0.1) is 18.3 Å². The van der Waals surface area contributed by atoms with E-state index in [1.807, 2.05) is 31.2 Å². The molecule has 0 bridgehead atoms. The molecule has 0 radical (unpaired) electrons. The molecule has 154 valence electrons. The molecule has 5 nitrogen and oxygen atoms in total. The van der Waals surface area contributed by atoms with Crippen molar-refractivity contribution in [2.75, 3.05) is 6.61 Å². The maximum Gasteiger partial charge on any atom is 0.315 e. The molecule has 0 atom stereocenters. The molecule has 30 heavy (non-hydrogen) atoms. The van der Waals surface area contributed by atoms with Crippen molar-refractivity contribution >= 4 is 11.6 Å². The minimum absolute atomic E-state index is 0.109. The van der Waals surface area contributed by atoms with Crippen molar-refractivity contribution < 1.29 is 13.5 Å². The first-order valence-corrected chi connectivity index (χ1v) is 9.43. The van der Waals surface area contributed by atoms with Gasteiger partial charge in [0.15, 0.2) is 6.61 Å². The van der Waals surface area contributed by atoms with Gasteiger partial charge in [-0.15, -0.1) is 0 Å². The van der Waals surface area contributed by atoms with Crippen LogP contribution in [0.5, 0.6) is 5.75 Å². The van der Waals surface area contributed by atoms with Crippen LogP contribution in [-0.4, -0.2) is 16.2 Å². The third-order valence-electron chi connectivity index (χ3n) is 4.57. The van der Waals surface area contributed by atoms with Gasteiger partial charge in [0.2, 0.25) is 5.75 Å². The standard InChI is InChI=1S/C22H18ClF2N3O2/c1-14-6-3-4-7-15(14)12-28-13-18(30-11-10-26)21(29)27-20(28)16-8-5-9-17(19(16)23)22(2,24)25/h3-9,13H,11-12H2,1-2H3. The number of halogens is 3. The number of nitriles is 1. The summed E-state index contributed by atoms with van der Waals surface area (Å²) in [7, 11) is 0. The number of hydrogen-bond acceptors (Lipinski definition) is 4. The largest absolute Gasteiger partial charge is 0.471 e. The number of hydrogen-bond donors (Lipinski definition) is 0. The van der Waals surface area contributed by atoms with Crippen LogP contribution in [0.4, 0.5) is 8.78 Å². The quantitative estimate of drug-likeness (QED) is 0.557. The van der Waals surface area contributed by atoms with Crippen LogP contribution in [-0.2, 0) is 12.5 Å². The molecule has 0 unspecified atom stereocenters. The summed E-state index contributed by atoms with van der Waals surface area (Å²) in [6.07, 6.45) is 1.42. The van der Waals surface area contributed by atoms with Crippen LogP contribution >= 0.6 is 11.6 Å². The van der Waals surface area contributed by atoms with Gasteiger partial charge in [-0.25, -0.2) is 8.78 Å². The molecule has 1 aromatic heterocycles. The Labute approximate surface area is 177 Å². The molecular weight excluding hydrogens is 412 g/mol.